The second kappa shape index (κ2) is 5.10. The van der Waals surface area contributed by atoms with Crippen molar-refractivity contribution in [2.24, 2.45) is 5.41 Å². The Bertz CT molecular complexity index is 367. The molecule has 1 aromatic heterocycles. The molecule has 0 atom stereocenters. The first kappa shape index (κ1) is 12.7. The maximum absolute atomic E-state index is 10.8. The molecule has 1 rings (SSSR count). The van der Waals surface area contributed by atoms with Crippen molar-refractivity contribution in [1.29, 1.82) is 0 Å². The van der Waals surface area contributed by atoms with Crippen molar-refractivity contribution in [2.45, 2.75) is 34.1 Å². The molecule has 0 fully saturated rings. The Morgan fingerprint density at radius 1 is 1.38 bits per heavy atom. The Labute approximate surface area is 96.8 Å². The number of nitrogens with zero attached hydrogens (tertiary/aromatic N) is 1. The van der Waals surface area contributed by atoms with Crippen molar-refractivity contribution in [2.75, 3.05) is 6.61 Å². The van der Waals surface area contributed by atoms with Gasteiger partial charge in [0.25, 0.3) is 0 Å². The van der Waals surface area contributed by atoms with Gasteiger partial charge in [-0.25, -0.2) is 4.98 Å². The first-order chi connectivity index (χ1) is 7.42. The van der Waals surface area contributed by atoms with Gasteiger partial charge in [0.2, 0.25) is 0 Å². The fraction of sp³-hybridized carbons (Fsp3) is 0.538. The van der Waals surface area contributed by atoms with Gasteiger partial charge >= 0.3 is 0 Å². The van der Waals surface area contributed by atoms with Crippen LogP contribution in [0.1, 0.15) is 43.4 Å². The fourth-order valence-corrected chi connectivity index (χ4v) is 1.24. The van der Waals surface area contributed by atoms with E-state index in [0.29, 0.717) is 18.1 Å². The zero-order chi connectivity index (χ0) is 12.2. The highest BCUT2D eigenvalue weighted by atomic mass is 16.5. The smallest absolute Gasteiger partial charge is 0.172 e. The summed E-state index contributed by atoms with van der Waals surface area (Å²) in [6.45, 7) is 8.93. The molecular weight excluding hydrogens is 202 g/mol. The molecule has 0 N–H and O–H groups in total. The summed E-state index contributed by atoms with van der Waals surface area (Å²) in [5.41, 5.74) is 1.44. The van der Waals surface area contributed by atoms with Crippen LogP contribution in [0.2, 0.25) is 0 Å². The molecule has 88 valence electrons. The number of hydrogen-bond acceptors (Lipinski definition) is 3. The third-order valence-corrected chi connectivity index (χ3v) is 2.25. The van der Waals surface area contributed by atoms with Crippen LogP contribution in [-0.4, -0.2) is 17.9 Å². The van der Waals surface area contributed by atoms with Gasteiger partial charge in [0.1, 0.15) is 11.4 Å². The van der Waals surface area contributed by atoms with Crippen LogP contribution in [0, 0.1) is 12.3 Å². The quantitative estimate of drug-likeness (QED) is 0.734. The summed E-state index contributed by atoms with van der Waals surface area (Å²) in [6, 6.07) is 3.65. The topological polar surface area (TPSA) is 39.2 Å². The molecule has 1 heterocycles. The first-order valence-electron chi connectivity index (χ1n) is 5.48. The summed E-state index contributed by atoms with van der Waals surface area (Å²) in [5.74, 6) is 0.574. The van der Waals surface area contributed by atoms with Gasteiger partial charge in [-0.2, -0.15) is 0 Å². The van der Waals surface area contributed by atoms with Crippen molar-refractivity contribution >= 4 is 6.29 Å². The lowest BCUT2D eigenvalue weighted by molar-refractivity contribution is 0.111. The maximum atomic E-state index is 10.8. The number of carbonyl (C=O) groups excluding carboxylic acids is 1. The van der Waals surface area contributed by atoms with Crippen molar-refractivity contribution < 1.29 is 9.53 Å². The molecule has 0 unspecified atom stereocenters. The van der Waals surface area contributed by atoms with Crippen LogP contribution in [-0.2, 0) is 0 Å². The van der Waals surface area contributed by atoms with Crippen LogP contribution in [0.25, 0.3) is 0 Å². The Morgan fingerprint density at radius 2 is 2.06 bits per heavy atom. The van der Waals surface area contributed by atoms with Gasteiger partial charge in [-0.05, 0) is 30.9 Å². The highest BCUT2D eigenvalue weighted by Crippen LogP contribution is 2.20. The summed E-state index contributed by atoms with van der Waals surface area (Å²) in [4.78, 5) is 14.9. The zero-order valence-corrected chi connectivity index (χ0v) is 10.4. The molecule has 0 aliphatic rings. The van der Waals surface area contributed by atoms with Crippen molar-refractivity contribution in [3.63, 3.8) is 0 Å². The Morgan fingerprint density at radius 3 is 2.62 bits per heavy atom. The van der Waals surface area contributed by atoms with Crippen LogP contribution in [0.4, 0.5) is 0 Å². The largest absolute Gasteiger partial charge is 0.491 e. The van der Waals surface area contributed by atoms with E-state index in [9.17, 15) is 4.79 Å². The van der Waals surface area contributed by atoms with Crippen molar-refractivity contribution in [3.8, 4) is 5.75 Å². The van der Waals surface area contributed by atoms with Crippen LogP contribution in [0.3, 0.4) is 0 Å². The van der Waals surface area contributed by atoms with Crippen molar-refractivity contribution in [3.05, 3.63) is 23.5 Å². The number of aryl methyl sites for hydroxylation is 1. The lowest BCUT2D eigenvalue weighted by atomic mass is 9.93. The predicted octanol–water partition coefficient (Wildman–Crippen LogP) is 3.02. The number of pyridine rings is 1. The molecule has 0 spiro atoms. The average molecular weight is 221 g/mol. The molecule has 0 bridgehead atoms. The third kappa shape index (κ3) is 4.01. The Balaban J connectivity index is 2.63. The van der Waals surface area contributed by atoms with Crippen LogP contribution >= 0.6 is 0 Å². The van der Waals surface area contributed by atoms with E-state index in [1.807, 2.05) is 13.0 Å². The minimum absolute atomic E-state index is 0.236. The molecule has 0 radical (unpaired) electrons. The predicted molar refractivity (Wildman–Crippen MR) is 63.9 cm³/mol. The van der Waals surface area contributed by atoms with Gasteiger partial charge in [-0.3, -0.25) is 4.79 Å². The molecule has 1 aromatic rings. The van der Waals surface area contributed by atoms with E-state index in [4.69, 9.17) is 4.74 Å². The minimum Gasteiger partial charge on any atom is -0.491 e. The summed E-state index contributed by atoms with van der Waals surface area (Å²) in [5, 5.41) is 0. The molecule has 0 saturated carbocycles. The highest BCUT2D eigenvalue weighted by molar-refractivity contribution is 5.76. The van der Waals surface area contributed by atoms with E-state index in [1.54, 1.807) is 6.07 Å². The molecule has 0 saturated heterocycles. The van der Waals surface area contributed by atoms with Gasteiger partial charge in [-0.1, -0.05) is 20.8 Å². The fourth-order valence-electron chi connectivity index (χ4n) is 1.24. The summed E-state index contributed by atoms with van der Waals surface area (Å²) in [6.07, 6.45) is 1.68. The molecule has 0 aliphatic carbocycles. The second-order valence-corrected chi connectivity index (χ2v) is 5.11. The summed E-state index contributed by atoms with van der Waals surface area (Å²) >= 11 is 0. The van der Waals surface area contributed by atoms with E-state index in [-0.39, 0.29) is 5.41 Å². The normalized spacial score (nSPS) is 11.2. The van der Waals surface area contributed by atoms with Crippen LogP contribution in [0.5, 0.6) is 5.75 Å². The van der Waals surface area contributed by atoms with Crippen molar-refractivity contribution in [1.82, 2.24) is 4.98 Å². The number of aldehydes is 1. The van der Waals surface area contributed by atoms with Gasteiger partial charge in [-0.15, -0.1) is 0 Å². The molecule has 16 heavy (non-hydrogen) atoms. The summed E-state index contributed by atoms with van der Waals surface area (Å²) in [7, 11) is 0. The lowest BCUT2D eigenvalue weighted by Crippen LogP contribution is -2.12. The zero-order valence-electron chi connectivity index (χ0n) is 10.4. The van der Waals surface area contributed by atoms with E-state index in [1.165, 1.54) is 0 Å². The number of hydrogen-bond donors (Lipinski definition) is 0. The second-order valence-electron chi connectivity index (χ2n) is 5.11. The number of rotatable bonds is 4. The van der Waals surface area contributed by atoms with E-state index < -0.39 is 0 Å². The van der Waals surface area contributed by atoms with Crippen LogP contribution < -0.4 is 4.74 Å². The standard InChI is InChI=1S/C13H19NO2/c1-10-5-6-12(11(9-15)14-10)16-8-7-13(2,3)4/h5-6,9H,7-8H2,1-4H3. The molecular formula is C13H19NO2. The van der Waals surface area contributed by atoms with E-state index in [0.717, 1.165) is 18.4 Å². The molecule has 3 nitrogen and oxygen atoms in total. The molecule has 0 amide bonds. The van der Waals surface area contributed by atoms with Crippen LogP contribution in [0.15, 0.2) is 12.1 Å². The summed E-state index contributed by atoms with van der Waals surface area (Å²) < 4.78 is 5.57. The van der Waals surface area contributed by atoms with E-state index in [2.05, 4.69) is 25.8 Å². The number of carbonyl (C=O) groups is 1. The molecule has 0 aliphatic heterocycles. The average Bonchev–Trinajstić information content (AvgIpc) is 2.18. The number of ether oxygens (including phenoxy) is 1. The van der Waals surface area contributed by atoms with Gasteiger partial charge < -0.3 is 4.74 Å². The molecule has 3 heteroatoms. The Hall–Kier alpha value is -1.38. The molecule has 0 aromatic carbocycles. The van der Waals surface area contributed by atoms with Gasteiger partial charge in [0.05, 0.1) is 6.61 Å². The Kier molecular flexibility index (Phi) is 4.05. The van der Waals surface area contributed by atoms with E-state index >= 15 is 0 Å². The highest BCUT2D eigenvalue weighted by Gasteiger charge is 2.11. The third-order valence-electron chi connectivity index (χ3n) is 2.25. The lowest BCUT2D eigenvalue weighted by Gasteiger charge is -2.18. The maximum Gasteiger partial charge on any atom is 0.172 e. The number of aromatic nitrogens is 1. The van der Waals surface area contributed by atoms with Gasteiger partial charge in [0.15, 0.2) is 6.29 Å². The SMILES string of the molecule is Cc1ccc(OCCC(C)(C)C)c(C=O)n1. The van der Waals surface area contributed by atoms with Gasteiger partial charge in [0, 0.05) is 5.69 Å². The first-order valence-corrected chi connectivity index (χ1v) is 5.48. The minimum atomic E-state index is 0.236. The monoisotopic (exact) mass is 221 g/mol.